The topological polar surface area (TPSA) is 108 Å². The summed E-state index contributed by atoms with van der Waals surface area (Å²) in [5.74, 6) is 1.78. The minimum Gasteiger partial charge on any atom is -0.355 e. The van der Waals surface area contributed by atoms with E-state index in [1.807, 2.05) is 12.1 Å². The van der Waals surface area contributed by atoms with Gasteiger partial charge in [0.2, 0.25) is 17.6 Å². The maximum absolute atomic E-state index is 11.9. The fourth-order valence-corrected chi connectivity index (χ4v) is 3.48. The van der Waals surface area contributed by atoms with Crippen LogP contribution in [0.1, 0.15) is 32.1 Å². The lowest BCUT2D eigenvalue weighted by Gasteiger charge is -2.32. The normalized spacial score (nSPS) is 15.6. The maximum atomic E-state index is 11.9. The van der Waals surface area contributed by atoms with E-state index in [1.165, 1.54) is 0 Å². The van der Waals surface area contributed by atoms with Crippen LogP contribution in [0.4, 0.5) is 0 Å². The minimum absolute atomic E-state index is 0.100. The Kier molecular flexibility index (Phi) is 8.66. The summed E-state index contributed by atoms with van der Waals surface area (Å²) in [6, 6.07) is 7.59. The van der Waals surface area contributed by atoms with Crippen molar-refractivity contribution in [3.63, 3.8) is 0 Å². The van der Waals surface area contributed by atoms with Gasteiger partial charge in [-0.25, -0.2) is 0 Å². The lowest BCUT2D eigenvalue weighted by atomic mass is 10.1. The van der Waals surface area contributed by atoms with Crippen molar-refractivity contribution in [2.24, 2.45) is 4.99 Å². The Labute approximate surface area is 187 Å². The van der Waals surface area contributed by atoms with Gasteiger partial charge in [0.05, 0.1) is 13.1 Å². The minimum atomic E-state index is 0.100. The van der Waals surface area contributed by atoms with Crippen LogP contribution in [0.25, 0.3) is 11.4 Å². The van der Waals surface area contributed by atoms with E-state index in [0.29, 0.717) is 41.8 Å². The first-order chi connectivity index (χ1) is 15.1. The molecule has 0 saturated carbocycles. The van der Waals surface area contributed by atoms with Crippen LogP contribution < -0.4 is 16.0 Å². The van der Waals surface area contributed by atoms with Crippen molar-refractivity contribution in [1.82, 2.24) is 31.0 Å². The van der Waals surface area contributed by atoms with Gasteiger partial charge in [-0.15, -0.1) is 0 Å². The summed E-state index contributed by atoms with van der Waals surface area (Å²) in [6.07, 6.45) is 2.85. The molecule has 10 heteroatoms. The average molecular weight is 448 g/mol. The summed E-state index contributed by atoms with van der Waals surface area (Å²) in [4.78, 5) is 22.8. The number of carbonyl (C=O) groups is 1. The van der Waals surface area contributed by atoms with E-state index in [2.05, 4.69) is 42.9 Å². The number of guanidine groups is 1. The number of likely N-dealkylation sites (tertiary alicyclic amines) is 1. The van der Waals surface area contributed by atoms with E-state index in [4.69, 9.17) is 16.1 Å². The summed E-state index contributed by atoms with van der Waals surface area (Å²) in [7, 11) is 1.73. The maximum Gasteiger partial charge on any atom is 0.246 e. The molecule has 9 nitrogen and oxygen atoms in total. The molecule has 0 atom stereocenters. The smallest absolute Gasteiger partial charge is 0.246 e. The van der Waals surface area contributed by atoms with Gasteiger partial charge in [0.15, 0.2) is 5.96 Å². The molecule has 3 rings (SSSR count). The summed E-state index contributed by atoms with van der Waals surface area (Å²) in [5, 5.41) is 14.3. The Balaban J connectivity index is 1.41. The first kappa shape index (κ1) is 23.0. The lowest BCUT2D eigenvalue weighted by molar-refractivity contribution is -0.122. The van der Waals surface area contributed by atoms with Crippen molar-refractivity contribution < 1.29 is 9.32 Å². The number of piperidine rings is 1. The first-order valence-electron chi connectivity index (χ1n) is 10.6. The molecule has 1 saturated heterocycles. The summed E-state index contributed by atoms with van der Waals surface area (Å²) >= 11 is 5.92. The van der Waals surface area contributed by atoms with Gasteiger partial charge < -0.3 is 20.5 Å². The highest BCUT2D eigenvalue weighted by Crippen LogP contribution is 2.18. The second-order valence-electron chi connectivity index (χ2n) is 7.49. The van der Waals surface area contributed by atoms with Crippen molar-refractivity contribution in [1.29, 1.82) is 0 Å². The molecule has 0 aliphatic carbocycles. The summed E-state index contributed by atoms with van der Waals surface area (Å²) in [6.45, 7) is 5.38. The van der Waals surface area contributed by atoms with Crippen LogP contribution in [0.3, 0.4) is 0 Å². The fraction of sp³-hybridized carbons (Fsp3) is 0.524. The molecular weight excluding hydrogens is 418 g/mol. The molecule has 3 N–H and O–H groups in total. The molecule has 2 heterocycles. The molecule has 0 unspecified atom stereocenters. The van der Waals surface area contributed by atoms with Crippen molar-refractivity contribution in [2.75, 3.05) is 33.2 Å². The first-order valence-corrected chi connectivity index (χ1v) is 11.0. The number of halogens is 1. The van der Waals surface area contributed by atoms with Gasteiger partial charge in [-0.3, -0.25) is 14.7 Å². The number of hydrogen-bond acceptors (Lipinski definition) is 6. The number of aromatic nitrogens is 2. The Bertz CT molecular complexity index is 861. The van der Waals surface area contributed by atoms with Gasteiger partial charge in [0.25, 0.3) is 0 Å². The molecule has 0 spiro atoms. The molecule has 0 bridgehead atoms. The zero-order valence-corrected chi connectivity index (χ0v) is 18.8. The van der Waals surface area contributed by atoms with Crippen LogP contribution in [0.2, 0.25) is 5.02 Å². The Morgan fingerprint density at radius 3 is 2.68 bits per heavy atom. The van der Waals surface area contributed by atoms with Crippen molar-refractivity contribution >= 4 is 23.5 Å². The van der Waals surface area contributed by atoms with Gasteiger partial charge >= 0.3 is 0 Å². The van der Waals surface area contributed by atoms with Crippen LogP contribution in [0.5, 0.6) is 0 Å². The number of aliphatic imine (C=N–C) groups is 1. The zero-order chi connectivity index (χ0) is 22.1. The van der Waals surface area contributed by atoms with Gasteiger partial charge in [-0.1, -0.05) is 23.7 Å². The van der Waals surface area contributed by atoms with E-state index >= 15 is 0 Å². The van der Waals surface area contributed by atoms with E-state index < -0.39 is 0 Å². The van der Waals surface area contributed by atoms with Gasteiger partial charge in [0, 0.05) is 43.3 Å². The largest absolute Gasteiger partial charge is 0.355 e. The molecule has 168 valence electrons. The van der Waals surface area contributed by atoms with E-state index in [1.54, 1.807) is 19.2 Å². The van der Waals surface area contributed by atoms with E-state index in [-0.39, 0.29) is 5.91 Å². The number of carbonyl (C=O) groups excluding carboxylic acids is 1. The van der Waals surface area contributed by atoms with E-state index in [9.17, 15) is 4.79 Å². The average Bonchev–Trinajstić information content (AvgIpc) is 3.26. The monoisotopic (exact) mass is 447 g/mol. The van der Waals surface area contributed by atoms with Gasteiger partial charge in [-0.05, 0) is 43.5 Å². The SMILES string of the molecule is CCCNC(=O)CN1CCC(NC(=NC)NCc2nc(-c3ccc(Cl)cc3)no2)CC1. The number of nitrogens with one attached hydrogen (secondary N) is 3. The molecule has 1 aromatic carbocycles. The quantitative estimate of drug-likeness (QED) is 0.419. The molecule has 1 fully saturated rings. The predicted molar refractivity (Wildman–Crippen MR) is 121 cm³/mol. The predicted octanol–water partition coefficient (Wildman–Crippen LogP) is 2.05. The summed E-state index contributed by atoms with van der Waals surface area (Å²) in [5.41, 5.74) is 0.844. The Morgan fingerprint density at radius 1 is 1.26 bits per heavy atom. The number of amides is 1. The third-order valence-electron chi connectivity index (χ3n) is 5.07. The highest BCUT2D eigenvalue weighted by molar-refractivity contribution is 6.30. The molecule has 0 radical (unpaired) electrons. The Hall–Kier alpha value is -2.65. The van der Waals surface area contributed by atoms with Crippen molar-refractivity contribution in [2.45, 2.75) is 38.8 Å². The van der Waals surface area contributed by atoms with Crippen LogP contribution in [0.15, 0.2) is 33.8 Å². The van der Waals surface area contributed by atoms with Crippen molar-refractivity contribution in [3.05, 3.63) is 35.2 Å². The molecule has 31 heavy (non-hydrogen) atoms. The third kappa shape index (κ3) is 7.22. The standard InChI is InChI=1S/C21H30ClN7O2/c1-3-10-24-18(30)14-29-11-8-17(9-12-29)26-21(23-2)25-13-19-27-20(28-31-19)15-4-6-16(22)7-5-15/h4-7,17H,3,8-14H2,1-2H3,(H,24,30)(H2,23,25,26). The van der Waals surface area contributed by atoms with E-state index in [0.717, 1.165) is 44.5 Å². The second kappa shape index (κ2) is 11.7. The molecular formula is C21H30ClN7O2. The van der Waals surface area contributed by atoms with Gasteiger partial charge in [-0.2, -0.15) is 4.98 Å². The number of rotatable bonds is 8. The zero-order valence-electron chi connectivity index (χ0n) is 18.0. The second-order valence-corrected chi connectivity index (χ2v) is 7.93. The van der Waals surface area contributed by atoms with Crippen LogP contribution in [-0.4, -0.2) is 66.2 Å². The number of nitrogens with zero attached hydrogens (tertiary/aromatic N) is 4. The van der Waals surface area contributed by atoms with Gasteiger partial charge in [0.1, 0.15) is 0 Å². The highest BCUT2D eigenvalue weighted by atomic mass is 35.5. The highest BCUT2D eigenvalue weighted by Gasteiger charge is 2.21. The lowest BCUT2D eigenvalue weighted by Crippen LogP contribution is -2.50. The molecule has 2 aromatic rings. The fourth-order valence-electron chi connectivity index (χ4n) is 3.35. The summed E-state index contributed by atoms with van der Waals surface area (Å²) < 4.78 is 5.33. The molecule has 1 aliphatic rings. The van der Waals surface area contributed by atoms with Crippen molar-refractivity contribution in [3.8, 4) is 11.4 Å². The molecule has 1 aliphatic heterocycles. The van der Waals surface area contributed by atoms with Crippen LogP contribution in [0, 0.1) is 0 Å². The van der Waals surface area contributed by atoms with Crippen LogP contribution in [-0.2, 0) is 11.3 Å². The third-order valence-corrected chi connectivity index (χ3v) is 5.32. The van der Waals surface area contributed by atoms with Crippen LogP contribution >= 0.6 is 11.6 Å². The Morgan fingerprint density at radius 2 is 2.00 bits per heavy atom. The molecule has 1 aromatic heterocycles. The molecule has 1 amide bonds. The number of hydrogen-bond donors (Lipinski definition) is 3. The number of benzene rings is 1.